The third-order valence-corrected chi connectivity index (χ3v) is 5.39. The predicted molar refractivity (Wildman–Crippen MR) is 128 cm³/mol. The highest BCUT2D eigenvalue weighted by Gasteiger charge is 2.32. The van der Waals surface area contributed by atoms with E-state index in [9.17, 15) is 22.8 Å². The van der Waals surface area contributed by atoms with Crippen LogP contribution < -0.4 is 10.1 Å². The largest absolute Gasteiger partial charge is 0.573 e. The molecule has 0 bridgehead atoms. The molecule has 4 rings (SSSR count). The van der Waals surface area contributed by atoms with Crippen molar-refractivity contribution in [2.45, 2.75) is 26.6 Å². The second-order valence-electron chi connectivity index (χ2n) is 7.19. The summed E-state index contributed by atoms with van der Waals surface area (Å²) >= 11 is 3.23. The molecule has 2 aromatic heterocycles. The third kappa shape index (κ3) is 6.53. The van der Waals surface area contributed by atoms with Crippen molar-refractivity contribution < 1.29 is 32.2 Å². The van der Waals surface area contributed by atoms with Crippen LogP contribution in [0.4, 0.5) is 13.2 Å². The molecule has 0 aromatic carbocycles. The second kappa shape index (κ2) is 11.4. The summed E-state index contributed by atoms with van der Waals surface area (Å²) in [7, 11) is 1.43. The lowest BCUT2D eigenvalue weighted by atomic mass is 10.1. The Morgan fingerprint density at radius 2 is 1.97 bits per heavy atom. The molecule has 2 aromatic rings. The molecule has 1 N–H and O–H groups in total. The van der Waals surface area contributed by atoms with Gasteiger partial charge in [0.05, 0.1) is 25.2 Å². The van der Waals surface area contributed by atoms with Gasteiger partial charge in [-0.15, -0.1) is 13.2 Å². The van der Waals surface area contributed by atoms with Crippen molar-refractivity contribution in [3.63, 3.8) is 0 Å². The number of halogens is 4. The zero-order chi connectivity index (χ0) is 26.5. The van der Waals surface area contributed by atoms with Crippen LogP contribution in [0.25, 0.3) is 11.3 Å². The van der Waals surface area contributed by atoms with Gasteiger partial charge < -0.3 is 19.7 Å². The molecule has 1 saturated heterocycles. The Hall–Kier alpha value is -3.61. The van der Waals surface area contributed by atoms with Crippen LogP contribution in [0.1, 0.15) is 36.5 Å². The molecule has 2 aliphatic rings. The van der Waals surface area contributed by atoms with Gasteiger partial charge in [-0.2, -0.15) is 5.10 Å². The smallest absolute Gasteiger partial charge is 0.481 e. The van der Waals surface area contributed by atoms with E-state index < -0.39 is 18.0 Å². The van der Waals surface area contributed by atoms with Gasteiger partial charge in [-0.3, -0.25) is 9.59 Å². The summed E-state index contributed by atoms with van der Waals surface area (Å²) in [6, 6.07) is 4.62. The van der Waals surface area contributed by atoms with Crippen LogP contribution in [0.3, 0.4) is 0 Å². The van der Waals surface area contributed by atoms with Crippen LogP contribution in [-0.2, 0) is 9.53 Å². The molecule has 1 fully saturated rings. The number of nitrogens with zero attached hydrogens (tertiary/aromatic N) is 4. The van der Waals surface area contributed by atoms with Gasteiger partial charge >= 0.3 is 6.36 Å². The minimum absolute atomic E-state index is 0.00569. The van der Waals surface area contributed by atoms with Crippen molar-refractivity contribution in [3.8, 4) is 11.6 Å². The van der Waals surface area contributed by atoms with Crippen LogP contribution >= 0.6 is 15.9 Å². The molecule has 2 amide bonds. The molecule has 3 heterocycles. The minimum atomic E-state index is -4.89. The average molecular weight is 570 g/mol. The number of ether oxygens (including phenoxy) is 2. The first kappa shape index (κ1) is 27.0. The maximum atomic E-state index is 13.0. The lowest BCUT2D eigenvalue weighted by Gasteiger charge is -2.12. The molecule has 1 aliphatic carbocycles. The number of allylic oxidation sites excluding steroid dienone is 5. The lowest BCUT2D eigenvalue weighted by molar-refractivity contribution is -0.303. The minimum Gasteiger partial charge on any atom is -0.481 e. The molecule has 0 radical (unpaired) electrons. The van der Waals surface area contributed by atoms with Gasteiger partial charge in [0.25, 0.3) is 5.91 Å². The van der Waals surface area contributed by atoms with Gasteiger partial charge in [-0.05, 0) is 30.7 Å². The molecule has 0 atom stereocenters. The van der Waals surface area contributed by atoms with Crippen LogP contribution in [0.15, 0.2) is 52.9 Å². The van der Waals surface area contributed by atoms with E-state index in [-0.39, 0.29) is 37.1 Å². The number of amides is 2. The highest BCUT2D eigenvalue weighted by atomic mass is 79.9. The van der Waals surface area contributed by atoms with E-state index in [2.05, 4.69) is 36.1 Å². The SMILES string of the molecule is CC.COc1cc(-n2nc(C(=O)N3CNC(=O)C3)cc2C2=CCC(Br)=CC(OC(F)(F)F)=C2)ccn1. The van der Waals surface area contributed by atoms with Crippen molar-refractivity contribution in [2.24, 2.45) is 0 Å². The quantitative estimate of drug-likeness (QED) is 0.576. The highest BCUT2D eigenvalue weighted by molar-refractivity contribution is 9.11. The van der Waals surface area contributed by atoms with Crippen LogP contribution in [0.2, 0.25) is 0 Å². The van der Waals surface area contributed by atoms with E-state index >= 15 is 0 Å². The molecule has 1 aliphatic heterocycles. The standard InChI is InChI=1S/C21H17BrF3N5O4.C2H6/c1-33-19-8-14(4-5-26-19)30-17(9-16(28-30)20(32)29-10-18(31)27-11-29)12-2-3-13(22)7-15(6-12)34-21(23,24)25;1-2/h2,4-9H,3,10-11H2,1H3,(H,27,31);1-2H3. The number of nitrogens with one attached hydrogen (secondary N) is 1. The molecule has 36 heavy (non-hydrogen) atoms. The van der Waals surface area contributed by atoms with E-state index in [1.54, 1.807) is 18.2 Å². The fraction of sp³-hybridized carbons (Fsp3) is 0.304. The molecule has 0 spiro atoms. The van der Waals surface area contributed by atoms with E-state index in [1.807, 2.05) is 13.8 Å². The van der Waals surface area contributed by atoms with Crippen LogP contribution in [0.5, 0.6) is 5.88 Å². The molecule has 0 saturated carbocycles. The van der Waals surface area contributed by atoms with Crippen LogP contribution in [-0.4, -0.2) is 58.2 Å². The predicted octanol–water partition coefficient (Wildman–Crippen LogP) is 4.32. The summed E-state index contributed by atoms with van der Waals surface area (Å²) in [5, 5.41) is 6.93. The van der Waals surface area contributed by atoms with E-state index in [0.717, 1.165) is 0 Å². The number of hydrogen-bond donors (Lipinski definition) is 1. The van der Waals surface area contributed by atoms with Gasteiger partial charge in [0.15, 0.2) is 5.69 Å². The Morgan fingerprint density at radius 1 is 1.22 bits per heavy atom. The number of alkyl halides is 3. The fourth-order valence-corrected chi connectivity index (χ4v) is 3.74. The summed E-state index contributed by atoms with van der Waals surface area (Å²) in [4.78, 5) is 29.8. The van der Waals surface area contributed by atoms with Crippen LogP contribution in [0, 0.1) is 0 Å². The first-order valence-corrected chi connectivity index (χ1v) is 11.6. The Kier molecular flexibility index (Phi) is 8.56. The summed E-state index contributed by atoms with van der Waals surface area (Å²) in [6.45, 7) is 3.92. The number of carbonyl (C=O) groups is 2. The number of aromatic nitrogens is 3. The zero-order valence-electron chi connectivity index (χ0n) is 19.6. The topological polar surface area (TPSA) is 98.6 Å². The Labute approximate surface area is 213 Å². The van der Waals surface area contributed by atoms with Crippen molar-refractivity contribution in [1.82, 2.24) is 25.0 Å². The normalized spacial score (nSPS) is 15.6. The third-order valence-electron chi connectivity index (χ3n) is 4.83. The van der Waals surface area contributed by atoms with Crippen molar-refractivity contribution in [2.75, 3.05) is 20.3 Å². The van der Waals surface area contributed by atoms with Gasteiger partial charge in [-0.1, -0.05) is 35.9 Å². The monoisotopic (exact) mass is 569 g/mol. The average Bonchev–Trinajstić information content (AvgIpc) is 3.44. The number of pyridine rings is 1. The molecule has 13 heteroatoms. The van der Waals surface area contributed by atoms with Gasteiger partial charge in [0.2, 0.25) is 11.8 Å². The van der Waals surface area contributed by atoms with Gasteiger partial charge in [0, 0.05) is 22.3 Å². The fourth-order valence-electron chi connectivity index (χ4n) is 3.35. The maximum Gasteiger partial charge on any atom is 0.573 e. The molecule has 0 unspecified atom stereocenters. The van der Waals surface area contributed by atoms with E-state index in [1.165, 1.54) is 41.1 Å². The molecular weight excluding hydrogens is 547 g/mol. The first-order chi connectivity index (χ1) is 17.1. The summed E-state index contributed by atoms with van der Waals surface area (Å²) < 4.78 is 49.9. The summed E-state index contributed by atoms with van der Waals surface area (Å²) in [5.41, 5.74) is 1.13. The Bertz CT molecular complexity index is 1240. The number of hydrogen-bond acceptors (Lipinski definition) is 6. The Morgan fingerprint density at radius 3 is 2.61 bits per heavy atom. The zero-order valence-corrected chi connectivity index (χ0v) is 21.2. The molecular formula is C23H23BrF3N5O4. The summed E-state index contributed by atoms with van der Waals surface area (Å²) in [5.74, 6) is -0.975. The summed E-state index contributed by atoms with van der Waals surface area (Å²) in [6.07, 6.45) is 0.964. The maximum absolute atomic E-state index is 13.0. The second-order valence-corrected chi connectivity index (χ2v) is 8.21. The highest BCUT2D eigenvalue weighted by Crippen LogP contribution is 2.32. The van der Waals surface area contributed by atoms with Crippen molar-refractivity contribution >= 4 is 33.3 Å². The van der Waals surface area contributed by atoms with E-state index in [0.29, 0.717) is 21.4 Å². The number of rotatable bonds is 5. The van der Waals surface area contributed by atoms with E-state index in [4.69, 9.17) is 4.74 Å². The molecule has 9 nitrogen and oxygen atoms in total. The lowest BCUT2D eigenvalue weighted by Crippen LogP contribution is -2.30. The van der Waals surface area contributed by atoms with Crippen molar-refractivity contribution in [1.29, 1.82) is 0 Å². The Balaban J connectivity index is 0.00000176. The number of methoxy groups -OCH3 is 1. The van der Waals surface area contributed by atoms with Gasteiger partial charge in [-0.25, -0.2) is 9.67 Å². The first-order valence-electron chi connectivity index (χ1n) is 10.8. The number of carbonyl (C=O) groups excluding carboxylic acids is 2. The van der Waals surface area contributed by atoms with Crippen molar-refractivity contribution in [3.05, 3.63) is 64.3 Å². The van der Waals surface area contributed by atoms with Gasteiger partial charge in [0.1, 0.15) is 12.3 Å². The molecule has 192 valence electrons.